The first-order valence-electron chi connectivity index (χ1n) is 6.63. The van der Waals surface area contributed by atoms with Crippen LogP contribution in [0.15, 0.2) is 6.07 Å². The van der Waals surface area contributed by atoms with Gasteiger partial charge in [0.2, 0.25) is 5.91 Å². The van der Waals surface area contributed by atoms with Crippen molar-refractivity contribution in [1.29, 1.82) is 0 Å². The average Bonchev–Trinajstić information content (AvgIpc) is 2.80. The molecule has 1 aliphatic rings. The third-order valence-electron chi connectivity index (χ3n) is 3.42. The van der Waals surface area contributed by atoms with Gasteiger partial charge >= 0.3 is 0 Å². The summed E-state index contributed by atoms with van der Waals surface area (Å²) < 4.78 is 0. The summed E-state index contributed by atoms with van der Waals surface area (Å²) in [5.74, 6) is 0.248. The normalized spacial score (nSPS) is 17.7. The first kappa shape index (κ1) is 14.1. The molecule has 1 aromatic rings. The van der Waals surface area contributed by atoms with Crippen LogP contribution in [0.25, 0.3) is 0 Å². The van der Waals surface area contributed by atoms with Crippen molar-refractivity contribution in [2.75, 3.05) is 20.6 Å². The summed E-state index contributed by atoms with van der Waals surface area (Å²) in [7, 11) is 3.52. The van der Waals surface area contributed by atoms with E-state index >= 15 is 0 Å². The number of thiophene rings is 1. The fourth-order valence-electron chi connectivity index (χ4n) is 2.39. The van der Waals surface area contributed by atoms with Gasteiger partial charge < -0.3 is 10.2 Å². The fourth-order valence-corrected chi connectivity index (χ4v) is 3.62. The molecule has 4 nitrogen and oxygen atoms in total. The molecule has 0 aliphatic heterocycles. The highest BCUT2D eigenvalue weighted by atomic mass is 32.1. The molecule has 5 heteroatoms. The number of aryl methyl sites for hydroxylation is 1. The molecule has 0 aromatic carbocycles. The van der Waals surface area contributed by atoms with Crippen LogP contribution in [0.2, 0.25) is 0 Å². The summed E-state index contributed by atoms with van der Waals surface area (Å²) in [4.78, 5) is 27.5. The van der Waals surface area contributed by atoms with Gasteiger partial charge in [0.1, 0.15) is 0 Å². The van der Waals surface area contributed by atoms with E-state index in [1.54, 1.807) is 30.3 Å². The Labute approximate surface area is 117 Å². The van der Waals surface area contributed by atoms with Crippen molar-refractivity contribution in [1.82, 2.24) is 10.2 Å². The number of hydrogen-bond donors (Lipinski definition) is 1. The van der Waals surface area contributed by atoms with E-state index in [0.29, 0.717) is 6.54 Å². The molecule has 2 rings (SSSR count). The molecule has 0 radical (unpaired) electrons. The number of amides is 2. The molecule has 0 fully saturated rings. The van der Waals surface area contributed by atoms with Crippen molar-refractivity contribution in [3.63, 3.8) is 0 Å². The van der Waals surface area contributed by atoms with Gasteiger partial charge in [0.05, 0.1) is 4.88 Å². The molecule has 0 saturated carbocycles. The van der Waals surface area contributed by atoms with E-state index in [1.807, 2.05) is 13.0 Å². The van der Waals surface area contributed by atoms with Crippen molar-refractivity contribution in [2.24, 2.45) is 5.92 Å². The van der Waals surface area contributed by atoms with E-state index in [9.17, 15) is 9.59 Å². The molecule has 1 heterocycles. The van der Waals surface area contributed by atoms with Crippen LogP contribution < -0.4 is 5.32 Å². The highest BCUT2D eigenvalue weighted by molar-refractivity contribution is 7.14. The molecule has 1 atom stereocenters. The smallest absolute Gasteiger partial charge is 0.263 e. The Morgan fingerprint density at radius 2 is 2.21 bits per heavy atom. The summed E-state index contributed by atoms with van der Waals surface area (Å²) in [6.45, 7) is 2.61. The summed E-state index contributed by atoms with van der Waals surface area (Å²) in [5, 5.41) is 2.88. The first-order chi connectivity index (χ1) is 9.02. The topological polar surface area (TPSA) is 49.4 Å². The zero-order chi connectivity index (χ0) is 14.0. The van der Waals surface area contributed by atoms with Gasteiger partial charge in [-0.25, -0.2) is 0 Å². The second-order valence-electron chi connectivity index (χ2n) is 5.09. The lowest BCUT2D eigenvalue weighted by Gasteiger charge is -2.20. The van der Waals surface area contributed by atoms with Crippen molar-refractivity contribution < 1.29 is 9.59 Å². The zero-order valence-corrected chi connectivity index (χ0v) is 12.5. The number of carbonyl (C=O) groups excluding carboxylic acids is 2. The lowest BCUT2D eigenvalue weighted by atomic mass is 9.88. The Balaban J connectivity index is 2.13. The maximum atomic E-state index is 11.9. The van der Waals surface area contributed by atoms with Gasteiger partial charge in [0.15, 0.2) is 0 Å². The van der Waals surface area contributed by atoms with Crippen molar-refractivity contribution in [2.45, 2.75) is 26.2 Å². The number of nitrogens with zero attached hydrogens (tertiary/aromatic N) is 1. The molecule has 104 valence electrons. The molecule has 19 heavy (non-hydrogen) atoms. The molecule has 1 N–H and O–H groups in total. The lowest BCUT2D eigenvalue weighted by Crippen LogP contribution is -2.33. The van der Waals surface area contributed by atoms with E-state index in [2.05, 4.69) is 5.32 Å². The fraction of sp³-hybridized carbons (Fsp3) is 0.571. The third kappa shape index (κ3) is 2.97. The van der Waals surface area contributed by atoms with Gasteiger partial charge in [-0.15, -0.1) is 11.3 Å². The quantitative estimate of drug-likeness (QED) is 0.916. The molecule has 0 saturated heterocycles. The van der Waals surface area contributed by atoms with Crippen LogP contribution in [0.3, 0.4) is 0 Å². The van der Waals surface area contributed by atoms with Gasteiger partial charge in [0, 0.05) is 31.4 Å². The van der Waals surface area contributed by atoms with E-state index in [0.717, 1.165) is 24.1 Å². The van der Waals surface area contributed by atoms with Crippen molar-refractivity contribution in [3.05, 3.63) is 21.4 Å². The van der Waals surface area contributed by atoms with E-state index in [1.165, 1.54) is 10.4 Å². The first-order valence-corrected chi connectivity index (χ1v) is 7.45. The molecule has 0 unspecified atom stereocenters. The van der Waals surface area contributed by atoms with Gasteiger partial charge in [-0.05, 0) is 37.8 Å². The largest absolute Gasteiger partial charge is 0.356 e. The maximum Gasteiger partial charge on any atom is 0.263 e. The van der Waals surface area contributed by atoms with Crippen LogP contribution in [0.4, 0.5) is 0 Å². The Morgan fingerprint density at radius 1 is 1.47 bits per heavy atom. The maximum absolute atomic E-state index is 11.9. The predicted octanol–water partition coefficient (Wildman–Crippen LogP) is 1.69. The molecule has 2 amide bonds. The summed E-state index contributed by atoms with van der Waals surface area (Å²) in [6.07, 6.45) is 2.55. The predicted molar refractivity (Wildman–Crippen MR) is 76.5 cm³/mol. The molecule has 0 bridgehead atoms. The van der Waals surface area contributed by atoms with Gasteiger partial charge in [-0.2, -0.15) is 0 Å². The minimum Gasteiger partial charge on any atom is -0.356 e. The van der Waals surface area contributed by atoms with E-state index < -0.39 is 0 Å². The standard InChI is InChI=1S/C14H20N2O2S/c1-4-15-13(17)9-5-6-11-10(7-9)8-12(19-11)14(18)16(2)3/h8-9H,4-7H2,1-3H3,(H,15,17)/t9-/m1/s1. The third-order valence-corrected chi connectivity index (χ3v) is 4.65. The van der Waals surface area contributed by atoms with E-state index in [-0.39, 0.29) is 17.7 Å². The van der Waals surface area contributed by atoms with Crippen molar-refractivity contribution in [3.8, 4) is 0 Å². The van der Waals surface area contributed by atoms with Gasteiger partial charge in [-0.3, -0.25) is 9.59 Å². The Kier molecular flexibility index (Phi) is 4.24. The van der Waals surface area contributed by atoms with Crippen LogP contribution >= 0.6 is 11.3 Å². The molecular weight excluding hydrogens is 260 g/mol. The van der Waals surface area contributed by atoms with Crippen LogP contribution in [-0.2, 0) is 17.6 Å². The Morgan fingerprint density at radius 3 is 2.84 bits per heavy atom. The van der Waals surface area contributed by atoms with Crippen LogP contribution in [0.5, 0.6) is 0 Å². The number of carbonyl (C=O) groups is 2. The zero-order valence-electron chi connectivity index (χ0n) is 11.7. The average molecular weight is 280 g/mol. The SMILES string of the molecule is CCNC(=O)[C@@H]1CCc2sc(C(=O)N(C)C)cc2C1. The molecule has 1 aliphatic carbocycles. The monoisotopic (exact) mass is 280 g/mol. The Bertz CT molecular complexity index is 494. The van der Waals surface area contributed by atoms with Crippen molar-refractivity contribution >= 4 is 23.2 Å². The summed E-state index contributed by atoms with van der Waals surface area (Å²) in [5.41, 5.74) is 1.18. The highest BCUT2D eigenvalue weighted by Gasteiger charge is 2.27. The molecular formula is C14H20N2O2S. The molecule has 1 aromatic heterocycles. The minimum absolute atomic E-state index is 0.0500. The second-order valence-corrected chi connectivity index (χ2v) is 6.23. The minimum atomic E-state index is 0.0500. The summed E-state index contributed by atoms with van der Waals surface area (Å²) in [6, 6.07) is 1.97. The summed E-state index contributed by atoms with van der Waals surface area (Å²) >= 11 is 1.58. The highest BCUT2D eigenvalue weighted by Crippen LogP contribution is 2.32. The van der Waals surface area contributed by atoms with Crippen LogP contribution in [-0.4, -0.2) is 37.4 Å². The van der Waals surface area contributed by atoms with E-state index in [4.69, 9.17) is 0 Å². The number of rotatable bonds is 3. The number of nitrogens with one attached hydrogen (secondary N) is 1. The lowest BCUT2D eigenvalue weighted by molar-refractivity contribution is -0.125. The Hall–Kier alpha value is -1.36. The number of fused-ring (bicyclic) bond motifs is 1. The van der Waals surface area contributed by atoms with Crippen LogP contribution in [0.1, 0.15) is 33.5 Å². The number of hydrogen-bond acceptors (Lipinski definition) is 3. The second kappa shape index (κ2) is 5.74. The van der Waals surface area contributed by atoms with Gasteiger partial charge in [-0.1, -0.05) is 0 Å². The van der Waals surface area contributed by atoms with Crippen LogP contribution in [0, 0.1) is 5.92 Å². The van der Waals surface area contributed by atoms with Gasteiger partial charge in [0.25, 0.3) is 5.91 Å². The molecule has 0 spiro atoms.